The molecule has 3 radical (unpaired) electrons. The highest BCUT2D eigenvalue weighted by atomic mass is 28.2. The molecule has 4 aromatic carbocycles. The lowest BCUT2D eigenvalue weighted by molar-refractivity contribution is -0.00144. The third kappa shape index (κ3) is 6.37. The summed E-state index contributed by atoms with van der Waals surface area (Å²) in [5.74, 6) is 1.41. The summed E-state index contributed by atoms with van der Waals surface area (Å²) in [6.07, 6.45) is 1.80. The molecule has 0 spiro atoms. The molecule has 1 aliphatic rings. The minimum Gasteiger partial charge on any atom is -0.497 e. The van der Waals surface area contributed by atoms with Gasteiger partial charge in [0.25, 0.3) is 0 Å². The van der Waals surface area contributed by atoms with E-state index in [4.69, 9.17) is 14.1 Å². The number of rotatable bonds is 10. The zero-order valence-electron chi connectivity index (χ0n) is 27.1. The Morgan fingerprint density at radius 1 is 0.851 bits per heavy atom. The van der Waals surface area contributed by atoms with Crippen LogP contribution in [-0.2, 0) is 16.6 Å². The van der Waals surface area contributed by atoms with Gasteiger partial charge in [0.05, 0.1) is 13.7 Å². The van der Waals surface area contributed by atoms with E-state index in [1.807, 2.05) is 91.0 Å². The summed E-state index contributed by atoms with van der Waals surface area (Å²) in [7, 11) is 5.19. The van der Waals surface area contributed by atoms with Gasteiger partial charge in [-0.2, -0.15) is 4.98 Å². The maximum atomic E-state index is 14.8. The molecule has 1 aromatic heterocycles. The lowest BCUT2D eigenvalue weighted by Crippen LogP contribution is -2.56. The van der Waals surface area contributed by atoms with Crippen molar-refractivity contribution in [3.8, 4) is 5.75 Å². The maximum Gasteiger partial charge on any atom is 0.330 e. The predicted molar refractivity (Wildman–Crippen MR) is 187 cm³/mol. The Hall–Kier alpha value is -4.99. The van der Waals surface area contributed by atoms with Gasteiger partial charge in [0.2, 0.25) is 16.4 Å². The summed E-state index contributed by atoms with van der Waals surface area (Å²) in [4.78, 5) is 27.9. The number of methoxy groups -OCH3 is 1. The van der Waals surface area contributed by atoms with E-state index in [1.165, 1.54) is 0 Å². The fraction of sp³-hybridized carbons (Fsp3) is 0.237. The van der Waals surface area contributed by atoms with Crippen molar-refractivity contribution < 1.29 is 14.0 Å². The van der Waals surface area contributed by atoms with Gasteiger partial charge in [-0.1, -0.05) is 99.6 Å². The van der Waals surface area contributed by atoms with Crippen molar-refractivity contribution in [3.63, 3.8) is 0 Å². The Labute approximate surface area is 279 Å². The van der Waals surface area contributed by atoms with Crippen molar-refractivity contribution in [2.45, 2.75) is 32.9 Å². The molecular weight excluding hydrogens is 603 g/mol. The number of benzene rings is 4. The van der Waals surface area contributed by atoms with E-state index < -0.39 is 5.60 Å². The first-order valence-electron chi connectivity index (χ1n) is 15.6. The van der Waals surface area contributed by atoms with Crippen molar-refractivity contribution in [1.82, 2.24) is 9.97 Å². The SMILES string of the molecule is COc1ccc(N2Cc3cnc(Nc4ccccc4)nc3N(C[C@@H](C(C)(C)C)C(O[Si])(c3ccccc3)c3ccccc3)C2=O)cc1. The van der Waals surface area contributed by atoms with Gasteiger partial charge in [-0.25, -0.2) is 9.78 Å². The number of carbonyl (C=O) groups excluding carboxylic acids is 1. The second kappa shape index (κ2) is 13.4. The first-order valence-corrected chi connectivity index (χ1v) is 16.0. The zero-order valence-corrected chi connectivity index (χ0v) is 28.1. The van der Waals surface area contributed by atoms with Crippen LogP contribution in [0.2, 0.25) is 0 Å². The van der Waals surface area contributed by atoms with Crippen LogP contribution < -0.4 is 19.9 Å². The van der Waals surface area contributed by atoms with Crippen molar-refractivity contribution in [2.75, 3.05) is 28.8 Å². The third-order valence-corrected chi connectivity index (χ3v) is 9.09. The largest absolute Gasteiger partial charge is 0.497 e. The molecule has 0 bridgehead atoms. The number of urea groups is 1. The standard InChI is InChI=1S/C38H38N5O3Si/c1-37(2,3)33(38(46-47,28-14-8-5-9-15-28)29-16-10-6-11-17-29)26-43-34-27(24-39-35(41-34)40-30-18-12-7-13-19-30)25-42(36(43)44)31-20-22-32(45-4)23-21-31/h5-24,33H,25-26H2,1-4H3,(H,39,40,41)/t33-/m0/s1. The fourth-order valence-electron chi connectivity index (χ4n) is 6.38. The van der Waals surface area contributed by atoms with Crippen LogP contribution >= 0.6 is 0 Å². The number of nitrogens with one attached hydrogen (secondary N) is 1. The van der Waals surface area contributed by atoms with Gasteiger partial charge in [-0.15, -0.1) is 0 Å². The number of nitrogens with zero attached hydrogens (tertiary/aromatic N) is 4. The molecule has 0 saturated carbocycles. The molecule has 0 aliphatic carbocycles. The van der Waals surface area contributed by atoms with Gasteiger partial charge in [-0.05, 0) is 52.9 Å². The molecule has 9 heteroatoms. The molecule has 0 fully saturated rings. The number of fused-ring (bicyclic) bond motifs is 1. The van der Waals surface area contributed by atoms with Crippen molar-refractivity contribution >= 4 is 39.7 Å². The van der Waals surface area contributed by atoms with Crippen LogP contribution in [0.15, 0.2) is 121 Å². The quantitative estimate of drug-likeness (QED) is 0.157. The summed E-state index contributed by atoms with van der Waals surface area (Å²) in [5, 5.41) is 3.30. The number of hydrogen-bond acceptors (Lipinski definition) is 6. The van der Waals surface area contributed by atoms with Crippen LogP contribution in [0.3, 0.4) is 0 Å². The van der Waals surface area contributed by atoms with Gasteiger partial charge in [0.15, 0.2) is 0 Å². The van der Waals surface area contributed by atoms with E-state index in [1.54, 1.807) is 23.1 Å². The second-order valence-electron chi connectivity index (χ2n) is 12.7. The van der Waals surface area contributed by atoms with E-state index in [2.05, 4.69) is 65.8 Å². The van der Waals surface area contributed by atoms with Crippen LogP contribution in [0.5, 0.6) is 5.75 Å². The van der Waals surface area contributed by atoms with Gasteiger partial charge in [0, 0.05) is 35.6 Å². The Balaban J connectivity index is 1.50. The molecule has 1 atom stereocenters. The number of amides is 2. The minimum atomic E-state index is -0.974. The number of aromatic nitrogens is 2. The third-order valence-electron chi connectivity index (χ3n) is 8.77. The monoisotopic (exact) mass is 640 g/mol. The average Bonchev–Trinajstić information content (AvgIpc) is 3.10. The van der Waals surface area contributed by atoms with E-state index in [9.17, 15) is 4.79 Å². The first kappa shape index (κ1) is 32.0. The minimum absolute atomic E-state index is 0.190. The van der Waals surface area contributed by atoms with E-state index in [0.717, 1.165) is 28.1 Å². The average molecular weight is 641 g/mol. The number of hydrogen-bond donors (Lipinski definition) is 1. The molecule has 2 amide bonds. The number of ether oxygens (including phenoxy) is 1. The Bertz CT molecular complexity index is 1760. The molecule has 2 heterocycles. The molecule has 0 unspecified atom stereocenters. The van der Waals surface area contributed by atoms with Gasteiger partial charge in [0.1, 0.15) is 17.2 Å². The van der Waals surface area contributed by atoms with Crippen LogP contribution in [0.4, 0.5) is 27.9 Å². The highest BCUT2D eigenvalue weighted by molar-refractivity contribution is 6.05. The Kier molecular flexibility index (Phi) is 9.11. The van der Waals surface area contributed by atoms with Crippen molar-refractivity contribution in [1.29, 1.82) is 0 Å². The van der Waals surface area contributed by atoms with E-state index >= 15 is 0 Å². The van der Waals surface area contributed by atoms with Crippen LogP contribution in [0, 0.1) is 11.3 Å². The molecule has 1 N–H and O–H groups in total. The molecule has 6 rings (SSSR count). The second-order valence-corrected chi connectivity index (χ2v) is 12.9. The number of anilines is 4. The summed E-state index contributed by atoms with van der Waals surface area (Å²) in [6.45, 7) is 7.16. The number of para-hydroxylation sites is 1. The maximum absolute atomic E-state index is 14.8. The molecule has 5 aromatic rings. The van der Waals surface area contributed by atoms with Crippen LogP contribution in [0.25, 0.3) is 0 Å². The van der Waals surface area contributed by atoms with Gasteiger partial charge >= 0.3 is 6.03 Å². The summed E-state index contributed by atoms with van der Waals surface area (Å²) in [6, 6.07) is 37.4. The van der Waals surface area contributed by atoms with Crippen LogP contribution in [-0.4, -0.2) is 40.1 Å². The normalized spacial score (nSPS) is 14.0. The lowest BCUT2D eigenvalue weighted by Gasteiger charge is -2.49. The molecule has 1 aliphatic heterocycles. The highest BCUT2D eigenvalue weighted by Gasteiger charge is 2.50. The highest BCUT2D eigenvalue weighted by Crippen LogP contribution is 2.49. The van der Waals surface area contributed by atoms with E-state index in [0.29, 0.717) is 24.1 Å². The van der Waals surface area contributed by atoms with Gasteiger partial charge in [-0.3, -0.25) is 9.80 Å². The Morgan fingerprint density at radius 2 is 1.43 bits per heavy atom. The van der Waals surface area contributed by atoms with Crippen molar-refractivity contribution in [3.05, 3.63) is 138 Å². The fourth-order valence-corrected chi connectivity index (χ4v) is 6.76. The van der Waals surface area contributed by atoms with Crippen LogP contribution in [0.1, 0.15) is 37.5 Å². The van der Waals surface area contributed by atoms with E-state index in [-0.39, 0.29) is 23.9 Å². The number of carbonyl (C=O) groups is 1. The summed E-state index contributed by atoms with van der Waals surface area (Å²) in [5.41, 5.74) is 3.03. The van der Waals surface area contributed by atoms with Crippen molar-refractivity contribution in [2.24, 2.45) is 11.3 Å². The zero-order chi connectivity index (χ0) is 33.0. The molecule has 237 valence electrons. The molecular formula is C38H38N5O3Si. The predicted octanol–water partition coefficient (Wildman–Crippen LogP) is 7.88. The smallest absolute Gasteiger partial charge is 0.330 e. The Morgan fingerprint density at radius 3 is 1.96 bits per heavy atom. The molecule has 8 nitrogen and oxygen atoms in total. The summed E-state index contributed by atoms with van der Waals surface area (Å²) < 4.78 is 11.9. The van der Waals surface area contributed by atoms with Gasteiger partial charge < -0.3 is 14.5 Å². The topological polar surface area (TPSA) is 79.8 Å². The first-order chi connectivity index (χ1) is 22.7. The lowest BCUT2D eigenvalue weighted by atomic mass is 9.65. The molecule has 0 saturated heterocycles. The summed E-state index contributed by atoms with van der Waals surface area (Å²) >= 11 is 0. The molecule has 47 heavy (non-hydrogen) atoms.